The molecule has 0 aliphatic carbocycles. The number of ether oxygens (including phenoxy) is 2. The molecule has 3 aromatic carbocycles. The molecule has 0 radical (unpaired) electrons. The van der Waals surface area contributed by atoms with Gasteiger partial charge in [-0.1, -0.05) is 6.07 Å². The Bertz CT molecular complexity index is 1180. The lowest BCUT2D eigenvalue weighted by Crippen LogP contribution is -2.34. The molecular formula is C23H23F2NO4S. The van der Waals surface area contributed by atoms with E-state index >= 15 is 0 Å². The largest absolute Gasteiger partial charge is 0.497 e. The fourth-order valence-electron chi connectivity index (χ4n) is 3.30. The minimum atomic E-state index is -4.19. The number of rotatable bonds is 7. The van der Waals surface area contributed by atoms with Crippen molar-refractivity contribution in [3.63, 3.8) is 0 Å². The van der Waals surface area contributed by atoms with Gasteiger partial charge in [0.25, 0.3) is 10.0 Å². The Morgan fingerprint density at radius 3 is 2.16 bits per heavy atom. The molecular weight excluding hydrogens is 424 g/mol. The van der Waals surface area contributed by atoms with Crippen molar-refractivity contribution in [2.24, 2.45) is 0 Å². The predicted octanol–water partition coefficient (Wildman–Crippen LogP) is 5.25. The molecule has 0 saturated carbocycles. The Balaban J connectivity index is 2.23. The molecule has 0 amide bonds. The lowest BCUT2D eigenvalue weighted by atomic mass is 10.1. The quantitative estimate of drug-likeness (QED) is 0.497. The van der Waals surface area contributed by atoms with Gasteiger partial charge in [0.1, 0.15) is 23.1 Å². The van der Waals surface area contributed by atoms with Crippen LogP contribution in [0.15, 0.2) is 65.6 Å². The molecule has 1 atom stereocenters. The molecule has 0 aliphatic rings. The molecule has 3 aromatic rings. The summed E-state index contributed by atoms with van der Waals surface area (Å²) >= 11 is 0. The molecule has 0 aromatic heterocycles. The first-order chi connectivity index (χ1) is 14.7. The molecule has 164 valence electrons. The minimum Gasteiger partial charge on any atom is -0.497 e. The van der Waals surface area contributed by atoms with E-state index in [1.54, 1.807) is 32.0 Å². The van der Waals surface area contributed by atoms with Gasteiger partial charge < -0.3 is 9.47 Å². The molecule has 31 heavy (non-hydrogen) atoms. The van der Waals surface area contributed by atoms with Crippen LogP contribution in [0, 0.1) is 18.6 Å². The van der Waals surface area contributed by atoms with Gasteiger partial charge in [0.15, 0.2) is 0 Å². The maximum Gasteiger partial charge on any atom is 0.264 e. The van der Waals surface area contributed by atoms with Crippen LogP contribution in [0.25, 0.3) is 0 Å². The summed E-state index contributed by atoms with van der Waals surface area (Å²) in [4.78, 5) is -0.122. The van der Waals surface area contributed by atoms with E-state index in [0.717, 1.165) is 16.4 Å². The normalized spacial score (nSPS) is 12.3. The summed E-state index contributed by atoms with van der Waals surface area (Å²) in [5, 5.41) is 0. The number of nitrogens with zero attached hydrogens (tertiary/aromatic N) is 1. The highest BCUT2D eigenvalue weighted by molar-refractivity contribution is 7.92. The van der Waals surface area contributed by atoms with Crippen LogP contribution in [0.5, 0.6) is 11.5 Å². The van der Waals surface area contributed by atoms with Gasteiger partial charge in [-0.25, -0.2) is 17.2 Å². The van der Waals surface area contributed by atoms with Crippen LogP contribution in [0.4, 0.5) is 14.5 Å². The maximum absolute atomic E-state index is 14.4. The van der Waals surface area contributed by atoms with Crippen LogP contribution in [0.3, 0.4) is 0 Å². The van der Waals surface area contributed by atoms with Crippen LogP contribution < -0.4 is 13.8 Å². The molecule has 8 heteroatoms. The number of hydrogen-bond donors (Lipinski definition) is 0. The van der Waals surface area contributed by atoms with Gasteiger partial charge in [0.2, 0.25) is 0 Å². The summed E-state index contributed by atoms with van der Waals surface area (Å²) in [5.41, 5.74) is 1.04. The molecule has 0 bridgehead atoms. The first kappa shape index (κ1) is 22.6. The van der Waals surface area contributed by atoms with Gasteiger partial charge in [0, 0.05) is 5.56 Å². The number of sulfonamides is 1. The summed E-state index contributed by atoms with van der Waals surface area (Å²) in [6.07, 6.45) is 0. The number of anilines is 1. The number of benzene rings is 3. The lowest BCUT2D eigenvalue weighted by Gasteiger charge is -2.32. The molecule has 0 saturated heterocycles. The molecule has 5 nitrogen and oxygen atoms in total. The molecule has 0 heterocycles. The zero-order valence-corrected chi connectivity index (χ0v) is 18.4. The highest BCUT2D eigenvalue weighted by atomic mass is 32.2. The van der Waals surface area contributed by atoms with Crippen molar-refractivity contribution in [2.75, 3.05) is 18.5 Å². The van der Waals surface area contributed by atoms with Crippen molar-refractivity contribution in [3.8, 4) is 11.5 Å². The second kappa shape index (κ2) is 8.93. The summed E-state index contributed by atoms with van der Waals surface area (Å²) in [5.74, 6) is -0.145. The minimum absolute atomic E-state index is 0.122. The SMILES string of the molecule is COc1ccc(OC)c([C@@H](C)N(c2ccc(C)c(F)c2)S(=O)(=O)c2ccc(F)cc2)c1. The highest BCUT2D eigenvalue weighted by Gasteiger charge is 2.32. The van der Waals surface area contributed by atoms with Crippen molar-refractivity contribution < 1.29 is 26.7 Å². The van der Waals surface area contributed by atoms with E-state index < -0.39 is 27.7 Å². The van der Waals surface area contributed by atoms with Gasteiger partial charge in [-0.15, -0.1) is 0 Å². The van der Waals surface area contributed by atoms with Crippen LogP contribution >= 0.6 is 0 Å². The second-order valence-electron chi connectivity index (χ2n) is 6.97. The monoisotopic (exact) mass is 447 g/mol. The van der Waals surface area contributed by atoms with E-state index in [9.17, 15) is 17.2 Å². The van der Waals surface area contributed by atoms with Crippen molar-refractivity contribution in [2.45, 2.75) is 24.8 Å². The molecule has 0 unspecified atom stereocenters. The lowest BCUT2D eigenvalue weighted by molar-refractivity contribution is 0.396. The van der Waals surface area contributed by atoms with Gasteiger partial charge in [0.05, 0.1) is 30.8 Å². The molecule has 0 fully saturated rings. The van der Waals surface area contributed by atoms with Crippen LogP contribution in [0.2, 0.25) is 0 Å². The third-order valence-electron chi connectivity index (χ3n) is 5.02. The van der Waals surface area contributed by atoms with E-state index in [1.807, 2.05) is 0 Å². The third-order valence-corrected chi connectivity index (χ3v) is 6.93. The van der Waals surface area contributed by atoms with Crippen molar-refractivity contribution in [3.05, 3.63) is 83.4 Å². The maximum atomic E-state index is 14.4. The predicted molar refractivity (Wildman–Crippen MR) is 115 cm³/mol. The van der Waals surface area contributed by atoms with Gasteiger partial charge in [-0.2, -0.15) is 0 Å². The highest BCUT2D eigenvalue weighted by Crippen LogP contribution is 2.38. The molecule has 0 spiro atoms. The van der Waals surface area contributed by atoms with Crippen LogP contribution in [-0.4, -0.2) is 22.6 Å². The summed E-state index contributed by atoms with van der Waals surface area (Å²) in [7, 11) is -1.22. The fourth-order valence-corrected chi connectivity index (χ4v) is 4.93. The zero-order valence-electron chi connectivity index (χ0n) is 17.6. The van der Waals surface area contributed by atoms with E-state index in [2.05, 4.69) is 0 Å². The number of methoxy groups -OCH3 is 2. The van der Waals surface area contributed by atoms with Gasteiger partial charge >= 0.3 is 0 Å². The molecule has 0 N–H and O–H groups in total. The summed E-state index contributed by atoms with van der Waals surface area (Å²) in [6, 6.07) is 12.9. The van der Waals surface area contributed by atoms with Crippen LogP contribution in [-0.2, 0) is 10.0 Å². The average molecular weight is 448 g/mol. The Morgan fingerprint density at radius 2 is 1.58 bits per heavy atom. The Morgan fingerprint density at radius 1 is 0.903 bits per heavy atom. The van der Waals surface area contributed by atoms with E-state index in [4.69, 9.17) is 9.47 Å². The standard InChI is InChI=1S/C23H23F2NO4S/c1-15-5-8-18(13-22(15)25)26(31(27,28)20-10-6-17(24)7-11-20)16(2)21-14-19(29-3)9-12-23(21)30-4/h5-14,16H,1-4H3/t16-/m1/s1. The molecule has 0 aliphatic heterocycles. The second-order valence-corrected chi connectivity index (χ2v) is 8.79. The topological polar surface area (TPSA) is 55.8 Å². The molecule has 3 rings (SSSR count). The van der Waals surface area contributed by atoms with Gasteiger partial charge in [-0.05, 0) is 74.0 Å². The Kier molecular flexibility index (Phi) is 6.50. The number of hydrogen-bond acceptors (Lipinski definition) is 4. The van der Waals surface area contributed by atoms with Gasteiger partial charge in [-0.3, -0.25) is 4.31 Å². The van der Waals surface area contributed by atoms with E-state index in [-0.39, 0.29) is 10.6 Å². The van der Waals surface area contributed by atoms with Crippen molar-refractivity contribution in [1.29, 1.82) is 0 Å². The number of aryl methyl sites for hydroxylation is 1. The van der Waals surface area contributed by atoms with Crippen LogP contribution in [0.1, 0.15) is 24.1 Å². The Hall–Kier alpha value is -3.13. The van der Waals surface area contributed by atoms with E-state index in [0.29, 0.717) is 22.6 Å². The average Bonchev–Trinajstić information content (AvgIpc) is 2.76. The first-order valence-corrected chi connectivity index (χ1v) is 10.9. The summed E-state index contributed by atoms with van der Waals surface area (Å²) < 4.78 is 66.9. The number of halogens is 2. The zero-order chi connectivity index (χ0) is 22.8. The third kappa shape index (κ3) is 4.49. The smallest absolute Gasteiger partial charge is 0.264 e. The summed E-state index contributed by atoms with van der Waals surface area (Å²) in [6.45, 7) is 3.25. The van der Waals surface area contributed by atoms with Crippen molar-refractivity contribution in [1.82, 2.24) is 0 Å². The fraction of sp³-hybridized carbons (Fsp3) is 0.217. The van der Waals surface area contributed by atoms with Crippen molar-refractivity contribution >= 4 is 15.7 Å². The first-order valence-electron chi connectivity index (χ1n) is 9.47. The van der Waals surface area contributed by atoms with E-state index in [1.165, 1.54) is 44.6 Å². The Labute approximate surface area is 180 Å².